The highest BCUT2D eigenvalue weighted by atomic mass is 32.1. The monoisotopic (exact) mass is 480 g/mol. The van der Waals surface area contributed by atoms with Gasteiger partial charge in [-0.25, -0.2) is 0 Å². The summed E-state index contributed by atoms with van der Waals surface area (Å²) in [7, 11) is -4.73. The quantitative estimate of drug-likeness (QED) is 0.183. The number of carbonyl (C=O) groups is 1. The van der Waals surface area contributed by atoms with E-state index in [2.05, 4.69) is 6.92 Å². The molecule has 0 aliphatic rings. The van der Waals surface area contributed by atoms with E-state index in [9.17, 15) is 9.36 Å². The molecule has 0 spiro atoms. The van der Waals surface area contributed by atoms with E-state index in [-0.39, 0.29) is 4.88 Å². The predicted molar refractivity (Wildman–Crippen MR) is 132 cm³/mol. The van der Waals surface area contributed by atoms with Crippen molar-refractivity contribution in [3.8, 4) is 5.75 Å². The summed E-state index contributed by atoms with van der Waals surface area (Å²) in [5.41, 5.74) is 0.807. The van der Waals surface area contributed by atoms with Crippen molar-refractivity contribution in [2.24, 2.45) is 0 Å². The average Bonchev–Trinajstić information content (AvgIpc) is 3.22. The molecule has 0 aliphatic heterocycles. The molecule has 2 aromatic rings. The van der Waals surface area contributed by atoms with Gasteiger partial charge >= 0.3 is 7.60 Å². The predicted octanol–water partition coefficient (Wildman–Crippen LogP) is 7.35. The zero-order chi connectivity index (χ0) is 23.2. The van der Waals surface area contributed by atoms with Gasteiger partial charge < -0.3 is 14.5 Å². The van der Waals surface area contributed by atoms with E-state index in [4.69, 9.17) is 14.5 Å². The Labute approximate surface area is 196 Å². The number of unbranched alkanes of at least 4 members (excludes halogenated alkanes) is 10. The molecular weight excluding hydrogens is 443 g/mol. The molecule has 0 atom stereocenters. The maximum Gasteiger partial charge on any atom is 0.397 e. The number of hydrogen-bond acceptors (Lipinski definition) is 4. The summed E-state index contributed by atoms with van der Waals surface area (Å²) in [6, 6.07) is 9.42. The lowest BCUT2D eigenvalue weighted by atomic mass is 10.1. The summed E-state index contributed by atoms with van der Waals surface area (Å²) in [5.74, 6) is 0.850. The number of ether oxygens (including phenoxy) is 1. The Balaban J connectivity index is 1.58. The second kappa shape index (κ2) is 14.6. The minimum atomic E-state index is -4.73. The normalized spacial score (nSPS) is 11.6. The van der Waals surface area contributed by atoms with Crippen LogP contribution in [0.4, 0.5) is 0 Å². The summed E-state index contributed by atoms with van der Waals surface area (Å²) in [6.45, 7) is 2.99. The lowest BCUT2D eigenvalue weighted by Gasteiger charge is -2.07. The second-order valence-corrected chi connectivity index (χ2v) is 10.8. The molecule has 1 heterocycles. The van der Waals surface area contributed by atoms with Gasteiger partial charge in [0.2, 0.25) is 0 Å². The van der Waals surface area contributed by atoms with E-state index in [1.54, 1.807) is 11.4 Å². The van der Waals surface area contributed by atoms with Crippen molar-refractivity contribution in [1.82, 2.24) is 0 Å². The van der Waals surface area contributed by atoms with E-state index >= 15 is 0 Å². The van der Waals surface area contributed by atoms with Crippen LogP contribution in [0.15, 0.2) is 35.7 Å². The van der Waals surface area contributed by atoms with Crippen molar-refractivity contribution in [3.05, 3.63) is 51.7 Å². The summed E-state index contributed by atoms with van der Waals surface area (Å²) >= 11 is 1.07. The van der Waals surface area contributed by atoms with Crippen LogP contribution in [0, 0.1) is 0 Å². The molecule has 0 aliphatic carbocycles. The third-order valence-electron chi connectivity index (χ3n) is 5.48. The maximum atomic E-state index is 11.7. The Bertz CT molecular complexity index is 840. The van der Waals surface area contributed by atoms with Crippen LogP contribution in [0.3, 0.4) is 0 Å². The van der Waals surface area contributed by atoms with Crippen LogP contribution in [-0.2, 0) is 11.0 Å². The van der Waals surface area contributed by atoms with Crippen LogP contribution in [0.1, 0.15) is 98.4 Å². The second-order valence-electron chi connectivity index (χ2n) is 8.37. The van der Waals surface area contributed by atoms with Crippen molar-refractivity contribution in [2.45, 2.75) is 84.0 Å². The lowest BCUT2D eigenvalue weighted by Crippen LogP contribution is -1.98. The van der Waals surface area contributed by atoms with Crippen molar-refractivity contribution >= 4 is 24.5 Å². The van der Waals surface area contributed by atoms with E-state index in [1.807, 2.05) is 24.3 Å². The topological polar surface area (TPSA) is 83.8 Å². The fourth-order valence-corrected chi connectivity index (χ4v) is 5.24. The third kappa shape index (κ3) is 10.4. The first-order chi connectivity index (χ1) is 15.4. The maximum absolute atomic E-state index is 11.7. The molecule has 0 bridgehead atoms. The molecule has 32 heavy (non-hydrogen) atoms. The molecule has 178 valence electrons. The van der Waals surface area contributed by atoms with Gasteiger partial charge in [-0.3, -0.25) is 9.36 Å². The third-order valence-corrected chi connectivity index (χ3v) is 7.38. The smallest absolute Gasteiger partial charge is 0.397 e. The number of carbonyl (C=O) groups excluding carboxylic acids is 1. The Kier molecular flexibility index (Phi) is 12.3. The van der Waals surface area contributed by atoms with Gasteiger partial charge in [-0.1, -0.05) is 83.3 Å². The van der Waals surface area contributed by atoms with Crippen LogP contribution in [0.2, 0.25) is 0 Å². The lowest BCUT2D eigenvalue weighted by molar-refractivity contribution is 0.104. The van der Waals surface area contributed by atoms with Gasteiger partial charge in [-0.05, 0) is 47.5 Å². The highest BCUT2D eigenvalue weighted by molar-refractivity contribution is 7.71. The SMILES string of the molecule is CCCCCCCCCCCCCOc1ccc(Cc2csc(C(=O)P(=O)(O)O)c2)cc1. The number of hydrogen-bond donors (Lipinski definition) is 2. The van der Waals surface area contributed by atoms with Crippen LogP contribution in [-0.4, -0.2) is 21.9 Å². The Morgan fingerprint density at radius 3 is 2.00 bits per heavy atom. The molecule has 5 nitrogen and oxygen atoms in total. The Morgan fingerprint density at radius 1 is 0.875 bits per heavy atom. The van der Waals surface area contributed by atoms with Gasteiger partial charge in [-0.15, -0.1) is 11.3 Å². The van der Waals surface area contributed by atoms with Gasteiger partial charge in [0.1, 0.15) is 5.75 Å². The zero-order valence-corrected chi connectivity index (χ0v) is 20.8. The highest BCUT2D eigenvalue weighted by Crippen LogP contribution is 2.40. The molecular formula is C25H37O5PS. The van der Waals surface area contributed by atoms with Crippen LogP contribution in [0.5, 0.6) is 5.75 Å². The van der Waals surface area contributed by atoms with Gasteiger partial charge in [0.15, 0.2) is 0 Å². The van der Waals surface area contributed by atoms with E-state index in [0.717, 1.165) is 41.2 Å². The minimum Gasteiger partial charge on any atom is -0.494 e. The summed E-state index contributed by atoms with van der Waals surface area (Å²) in [6.07, 6.45) is 15.1. The molecule has 0 radical (unpaired) electrons. The molecule has 0 fully saturated rings. The van der Waals surface area contributed by atoms with Crippen LogP contribution < -0.4 is 4.74 Å². The average molecular weight is 481 g/mol. The van der Waals surface area contributed by atoms with Gasteiger partial charge in [0.25, 0.3) is 5.52 Å². The van der Waals surface area contributed by atoms with Gasteiger partial charge in [-0.2, -0.15) is 0 Å². The van der Waals surface area contributed by atoms with E-state index in [0.29, 0.717) is 6.42 Å². The number of benzene rings is 1. The molecule has 2 N–H and O–H groups in total. The first-order valence-corrected chi connectivity index (χ1v) is 14.3. The molecule has 1 aromatic carbocycles. The largest absolute Gasteiger partial charge is 0.494 e. The van der Waals surface area contributed by atoms with E-state index < -0.39 is 13.1 Å². The number of thiophene rings is 1. The van der Waals surface area contributed by atoms with Crippen molar-refractivity contribution < 1.29 is 23.9 Å². The molecule has 0 saturated carbocycles. The van der Waals surface area contributed by atoms with Gasteiger partial charge in [0, 0.05) is 0 Å². The van der Waals surface area contributed by atoms with Crippen molar-refractivity contribution in [3.63, 3.8) is 0 Å². The molecule has 1 aromatic heterocycles. The molecule has 0 amide bonds. The van der Waals surface area contributed by atoms with Crippen LogP contribution >= 0.6 is 18.9 Å². The van der Waals surface area contributed by atoms with E-state index in [1.165, 1.54) is 64.2 Å². The Morgan fingerprint density at radius 2 is 1.44 bits per heavy atom. The summed E-state index contributed by atoms with van der Waals surface area (Å²) in [4.78, 5) is 29.8. The van der Waals surface area contributed by atoms with Crippen molar-refractivity contribution in [1.29, 1.82) is 0 Å². The fraction of sp³-hybridized carbons (Fsp3) is 0.560. The van der Waals surface area contributed by atoms with Crippen LogP contribution in [0.25, 0.3) is 0 Å². The molecule has 2 rings (SSSR count). The first kappa shape index (κ1) is 26.8. The minimum absolute atomic E-state index is 0.0975. The van der Waals surface area contributed by atoms with Gasteiger partial charge in [0.05, 0.1) is 11.5 Å². The first-order valence-electron chi connectivity index (χ1n) is 11.8. The zero-order valence-electron chi connectivity index (χ0n) is 19.1. The number of rotatable bonds is 17. The summed E-state index contributed by atoms with van der Waals surface area (Å²) in [5, 5.41) is 1.76. The molecule has 7 heteroatoms. The Hall–Kier alpha value is -1.46. The standard InChI is InChI=1S/C25H37O5PS/c1-2-3-4-5-6-7-8-9-10-11-12-17-30-23-15-13-21(14-16-23)18-22-19-24(32-20-22)25(26)31(27,28)29/h13-16,19-20H,2-12,17-18H2,1H3,(H2,27,28,29). The fourth-order valence-electron chi connectivity index (χ4n) is 3.62. The van der Waals surface area contributed by atoms with Crippen molar-refractivity contribution in [2.75, 3.05) is 6.61 Å². The highest BCUT2D eigenvalue weighted by Gasteiger charge is 2.28. The summed E-state index contributed by atoms with van der Waals surface area (Å²) < 4.78 is 16.9. The molecule has 0 saturated heterocycles. The molecule has 0 unspecified atom stereocenters.